The molecule has 0 aliphatic carbocycles. The van der Waals surface area contributed by atoms with E-state index in [4.69, 9.17) is 4.42 Å². The Bertz CT molecular complexity index is 1240. The first-order valence-electron chi connectivity index (χ1n) is 9.37. The number of hydrogen-bond acceptors (Lipinski definition) is 3. The van der Waals surface area contributed by atoms with Gasteiger partial charge >= 0.3 is 5.76 Å². The largest absolute Gasteiger partial charge is 0.419 e. The SMILES string of the molecule is Cc1cc(CNC(=O)CCn2c(=O)oc3ccccc32)c2[nH]c(C)c(C)c2c1. The highest BCUT2D eigenvalue weighted by atomic mass is 16.4. The van der Waals surface area contributed by atoms with E-state index in [9.17, 15) is 9.59 Å². The van der Waals surface area contributed by atoms with Crippen LogP contribution in [0.2, 0.25) is 0 Å². The minimum absolute atomic E-state index is 0.105. The Kier molecular flexibility index (Phi) is 4.55. The van der Waals surface area contributed by atoms with Gasteiger partial charge in [-0.15, -0.1) is 0 Å². The Morgan fingerprint density at radius 3 is 2.79 bits per heavy atom. The minimum Gasteiger partial charge on any atom is -0.408 e. The molecule has 2 N–H and O–H groups in total. The number of rotatable bonds is 5. The molecule has 0 fully saturated rings. The van der Waals surface area contributed by atoms with E-state index < -0.39 is 5.76 Å². The lowest BCUT2D eigenvalue weighted by Crippen LogP contribution is -2.26. The van der Waals surface area contributed by atoms with Crippen molar-refractivity contribution in [2.75, 3.05) is 0 Å². The first kappa shape index (κ1) is 18.1. The van der Waals surface area contributed by atoms with E-state index in [1.807, 2.05) is 18.2 Å². The molecular weight excluding hydrogens is 354 g/mol. The van der Waals surface area contributed by atoms with Crippen molar-refractivity contribution in [2.24, 2.45) is 0 Å². The average Bonchev–Trinajstić information content (AvgIpc) is 3.14. The molecule has 0 aliphatic rings. The van der Waals surface area contributed by atoms with Crippen molar-refractivity contribution in [1.29, 1.82) is 0 Å². The van der Waals surface area contributed by atoms with E-state index in [2.05, 4.69) is 43.2 Å². The van der Waals surface area contributed by atoms with Crippen molar-refractivity contribution >= 4 is 27.9 Å². The van der Waals surface area contributed by atoms with E-state index in [0.29, 0.717) is 17.6 Å². The number of amides is 1. The molecule has 0 bridgehead atoms. The summed E-state index contributed by atoms with van der Waals surface area (Å²) < 4.78 is 6.70. The Balaban J connectivity index is 1.46. The number of nitrogens with zero attached hydrogens (tertiary/aromatic N) is 1. The van der Waals surface area contributed by atoms with Crippen LogP contribution in [0.5, 0.6) is 0 Å². The molecule has 0 atom stereocenters. The number of aryl methyl sites for hydroxylation is 4. The zero-order valence-electron chi connectivity index (χ0n) is 16.3. The number of benzene rings is 2. The third-order valence-corrected chi connectivity index (χ3v) is 5.26. The van der Waals surface area contributed by atoms with Gasteiger partial charge < -0.3 is 14.7 Å². The van der Waals surface area contributed by atoms with Gasteiger partial charge in [0, 0.05) is 30.6 Å². The van der Waals surface area contributed by atoms with Crippen molar-refractivity contribution in [2.45, 2.75) is 40.3 Å². The smallest absolute Gasteiger partial charge is 0.408 e. The molecule has 6 nitrogen and oxygen atoms in total. The number of oxazole rings is 1. The van der Waals surface area contributed by atoms with Crippen LogP contribution in [0.1, 0.15) is 28.8 Å². The molecule has 0 saturated heterocycles. The molecule has 1 amide bonds. The van der Waals surface area contributed by atoms with E-state index in [0.717, 1.165) is 22.3 Å². The summed E-state index contributed by atoms with van der Waals surface area (Å²) in [6.07, 6.45) is 0.209. The lowest BCUT2D eigenvalue weighted by Gasteiger charge is -2.08. The number of nitrogens with one attached hydrogen (secondary N) is 2. The highest BCUT2D eigenvalue weighted by molar-refractivity contribution is 5.88. The first-order chi connectivity index (χ1) is 13.4. The summed E-state index contributed by atoms with van der Waals surface area (Å²) in [7, 11) is 0. The Morgan fingerprint density at radius 1 is 1.18 bits per heavy atom. The Hall–Kier alpha value is -3.28. The first-order valence-corrected chi connectivity index (χ1v) is 9.37. The molecule has 144 valence electrons. The number of para-hydroxylation sites is 2. The van der Waals surface area contributed by atoms with Crippen LogP contribution in [-0.4, -0.2) is 15.5 Å². The fourth-order valence-electron chi connectivity index (χ4n) is 3.65. The van der Waals surface area contributed by atoms with Crippen molar-refractivity contribution in [3.8, 4) is 0 Å². The predicted molar refractivity (Wildman–Crippen MR) is 109 cm³/mol. The molecule has 4 rings (SSSR count). The highest BCUT2D eigenvalue weighted by Gasteiger charge is 2.12. The van der Waals surface area contributed by atoms with E-state index in [1.165, 1.54) is 15.5 Å². The van der Waals surface area contributed by atoms with Gasteiger partial charge in [0.1, 0.15) is 0 Å². The summed E-state index contributed by atoms with van der Waals surface area (Å²) in [6.45, 7) is 6.94. The zero-order valence-corrected chi connectivity index (χ0v) is 16.3. The second-order valence-electron chi connectivity index (χ2n) is 7.24. The summed E-state index contributed by atoms with van der Waals surface area (Å²) in [5.74, 6) is -0.543. The van der Waals surface area contributed by atoms with Gasteiger partial charge in [-0.2, -0.15) is 0 Å². The number of aromatic amines is 1. The van der Waals surface area contributed by atoms with Crippen molar-refractivity contribution in [3.05, 3.63) is 69.3 Å². The van der Waals surface area contributed by atoms with Crippen LogP contribution in [0, 0.1) is 20.8 Å². The van der Waals surface area contributed by atoms with Crippen LogP contribution in [0.4, 0.5) is 0 Å². The molecule has 0 unspecified atom stereocenters. The second kappa shape index (κ2) is 7.03. The van der Waals surface area contributed by atoms with Crippen molar-refractivity contribution in [1.82, 2.24) is 14.9 Å². The van der Waals surface area contributed by atoms with Crippen molar-refractivity contribution in [3.63, 3.8) is 0 Å². The summed E-state index contributed by atoms with van der Waals surface area (Å²) in [5.41, 5.74) is 6.90. The van der Waals surface area contributed by atoms with Crippen LogP contribution in [-0.2, 0) is 17.9 Å². The summed E-state index contributed by atoms with van der Waals surface area (Å²) in [6, 6.07) is 11.5. The molecular formula is C22H23N3O3. The van der Waals surface area contributed by atoms with Crippen LogP contribution in [0.3, 0.4) is 0 Å². The molecule has 0 spiro atoms. The van der Waals surface area contributed by atoms with Gasteiger partial charge in [-0.1, -0.05) is 23.8 Å². The molecule has 0 aliphatic heterocycles. The van der Waals surface area contributed by atoms with Gasteiger partial charge in [0.05, 0.1) is 11.0 Å². The maximum absolute atomic E-state index is 12.4. The van der Waals surface area contributed by atoms with Gasteiger partial charge in [-0.05, 0) is 50.1 Å². The lowest BCUT2D eigenvalue weighted by atomic mass is 10.0. The van der Waals surface area contributed by atoms with E-state index in [-0.39, 0.29) is 18.9 Å². The van der Waals surface area contributed by atoms with E-state index in [1.54, 1.807) is 6.07 Å². The van der Waals surface area contributed by atoms with Crippen LogP contribution in [0.25, 0.3) is 22.0 Å². The van der Waals surface area contributed by atoms with Crippen LogP contribution in [0.15, 0.2) is 45.6 Å². The molecule has 28 heavy (non-hydrogen) atoms. The highest BCUT2D eigenvalue weighted by Crippen LogP contribution is 2.26. The molecule has 2 heterocycles. The minimum atomic E-state index is -0.438. The monoisotopic (exact) mass is 377 g/mol. The standard InChI is InChI=1S/C22H23N3O3/c1-13-10-16(21-17(11-13)14(2)15(3)24-21)12-23-20(26)8-9-25-18-6-4-5-7-19(18)28-22(25)27/h4-7,10-11,24H,8-9,12H2,1-3H3,(H,23,26). The maximum atomic E-state index is 12.4. The van der Waals surface area contributed by atoms with Crippen LogP contribution >= 0.6 is 0 Å². The third kappa shape index (κ3) is 3.22. The average molecular weight is 377 g/mol. The fourth-order valence-corrected chi connectivity index (χ4v) is 3.65. The maximum Gasteiger partial charge on any atom is 0.419 e. The molecule has 0 radical (unpaired) electrons. The molecule has 2 aromatic carbocycles. The summed E-state index contributed by atoms with van der Waals surface area (Å²) in [4.78, 5) is 27.8. The number of carbonyl (C=O) groups is 1. The normalized spacial score (nSPS) is 11.4. The van der Waals surface area contributed by atoms with Gasteiger partial charge in [0.2, 0.25) is 5.91 Å². The van der Waals surface area contributed by atoms with Gasteiger partial charge in [0.25, 0.3) is 0 Å². The number of H-pyrrole nitrogens is 1. The number of fused-ring (bicyclic) bond motifs is 2. The number of hydrogen-bond donors (Lipinski definition) is 2. The van der Waals surface area contributed by atoms with Gasteiger partial charge in [-0.25, -0.2) is 4.79 Å². The number of carbonyl (C=O) groups excluding carboxylic acids is 1. The summed E-state index contributed by atoms with van der Waals surface area (Å²) in [5, 5.41) is 4.16. The molecule has 4 aromatic rings. The third-order valence-electron chi connectivity index (χ3n) is 5.26. The lowest BCUT2D eigenvalue weighted by molar-refractivity contribution is -0.121. The number of aromatic nitrogens is 2. The Labute approximate surface area is 162 Å². The topological polar surface area (TPSA) is 80.0 Å². The van der Waals surface area contributed by atoms with Gasteiger partial charge in [-0.3, -0.25) is 9.36 Å². The zero-order chi connectivity index (χ0) is 19.8. The molecule has 6 heteroatoms. The predicted octanol–water partition coefficient (Wildman–Crippen LogP) is 3.71. The molecule has 0 saturated carbocycles. The molecule has 2 aromatic heterocycles. The quantitative estimate of drug-likeness (QED) is 0.556. The van der Waals surface area contributed by atoms with E-state index >= 15 is 0 Å². The van der Waals surface area contributed by atoms with Gasteiger partial charge in [0.15, 0.2) is 5.58 Å². The fraction of sp³-hybridized carbons (Fsp3) is 0.273. The van der Waals surface area contributed by atoms with Crippen LogP contribution < -0.4 is 11.1 Å². The van der Waals surface area contributed by atoms with Crippen molar-refractivity contribution < 1.29 is 9.21 Å². The second-order valence-corrected chi connectivity index (χ2v) is 7.24. The Morgan fingerprint density at radius 2 is 1.96 bits per heavy atom. The summed E-state index contributed by atoms with van der Waals surface area (Å²) >= 11 is 0.